The molecule has 6 heteroatoms. The normalized spacial score (nSPS) is 31.5. The van der Waals surface area contributed by atoms with Gasteiger partial charge >= 0.3 is 119 Å². The van der Waals surface area contributed by atoms with Crippen molar-refractivity contribution >= 4 is 28.4 Å². The number of amides is 1. The second-order valence-corrected chi connectivity index (χ2v) is 6.40. The summed E-state index contributed by atoms with van der Waals surface area (Å²) in [6, 6.07) is 0.960. The molecule has 1 aliphatic heterocycles. The summed E-state index contributed by atoms with van der Waals surface area (Å²) >= 11 is 1.69. The van der Waals surface area contributed by atoms with Crippen LogP contribution in [0.5, 0.6) is 0 Å². The van der Waals surface area contributed by atoms with E-state index in [1.165, 1.54) is 0 Å². The molecule has 1 saturated heterocycles. The van der Waals surface area contributed by atoms with Gasteiger partial charge in [0.1, 0.15) is 0 Å². The van der Waals surface area contributed by atoms with E-state index < -0.39 is 0 Å². The van der Waals surface area contributed by atoms with Crippen LogP contribution in [0.3, 0.4) is 0 Å². The molecule has 0 radical (unpaired) electrons. The van der Waals surface area contributed by atoms with Gasteiger partial charge in [-0.15, -0.1) is 0 Å². The summed E-state index contributed by atoms with van der Waals surface area (Å²) in [6.45, 7) is 12.3. The van der Waals surface area contributed by atoms with Crippen LogP contribution in [0.1, 0.15) is 40.2 Å². The van der Waals surface area contributed by atoms with Gasteiger partial charge in [0.25, 0.3) is 0 Å². The molecule has 0 aromatic carbocycles. The maximum atomic E-state index is 11.9. The standard InChI is InChI=1S/C13H22BN3OS/c1-7-9(3)17(13-15-11(5)14-19-13)10(4)8(2)16(7)12(6)18/h7-10H,1-6H3. The van der Waals surface area contributed by atoms with Gasteiger partial charge in [-0.05, 0) is 0 Å². The molecule has 1 aromatic rings. The molecule has 1 aromatic heterocycles. The van der Waals surface area contributed by atoms with E-state index >= 15 is 0 Å². The molecule has 0 saturated carbocycles. The number of nitrogens with zero attached hydrogens (tertiary/aromatic N) is 3. The van der Waals surface area contributed by atoms with E-state index in [9.17, 15) is 4.79 Å². The number of anilines is 1. The summed E-state index contributed by atoms with van der Waals surface area (Å²) in [5.74, 6) is 0.161. The quantitative estimate of drug-likeness (QED) is 0.789. The van der Waals surface area contributed by atoms with Crippen LogP contribution in [0, 0.1) is 6.92 Å². The first-order valence-corrected chi connectivity index (χ1v) is 7.72. The SMILES string of the molecule is CC(=O)N1C(C)C(C)N(c2nc(C)bs2)C(C)C1C. The van der Waals surface area contributed by atoms with E-state index in [4.69, 9.17) is 0 Å². The molecule has 0 spiro atoms. The zero-order chi connectivity index (χ0) is 14.3. The van der Waals surface area contributed by atoms with Gasteiger partial charge in [0.05, 0.1) is 0 Å². The van der Waals surface area contributed by atoms with E-state index in [1.54, 1.807) is 18.1 Å². The Morgan fingerprint density at radius 3 is 2.05 bits per heavy atom. The summed E-state index contributed by atoms with van der Waals surface area (Å²) in [6.07, 6.45) is 2.08. The molecule has 1 fully saturated rings. The summed E-state index contributed by atoms with van der Waals surface area (Å²) in [5, 5.41) is 1.07. The summed E-state index contributed by atoms with van der Waals surface area (Å²) in [7, 11) is 0. The molecule has 4 unspecified atom stereocenters. The van der Waals surface area contributed by atoms with Crippen molar-refractivity contribution in [3.8, 4) is 0 Å². The van der Waals surface area contributed by atoms with Crippen LogP contribution in [-0.2, 0) is 4.79 Å². The third-order valence-electron chi connectivity index (χ3n) is 4.34. The minimum atomic E-state index is 0.161. The van der Waals surface area contributed by atoms with Crippen LogP contribution in [0.15, 0.2) is 0 Å². The average molecular weight is 279 g/mol. The zero-order valence-electron chi connectivity index (χ0n) is 12.5. The van der Waals surface area contributed by atoms with Crippen molar-refractivity contribution in [2.75, 3.05) is 4.90 Å². The molecule has 2 heterocycles. The Labute approximate surface area is 119 Å². The first-order valence-electron chi connectivity index (χ1n) is 6.84. The Hall–Kier alpha value is -0.905. The molecule has 0 bridgehead atoms. The predicted molar refractivity (Wildman–Crippen MR) is 81.0 cm³/mol. The van der Waals surface area contributed by atoms with E-state index in [0.717, 1.165) is 10.7 Å². The van der Waals surface area contributed by atoms with Crippen molar-refractivity contribution in [1.82, 2.24) is 9.88 Å². The van der Waals surface area contributed by atoms with Gasteiger partial charge in [-0.1, -0.05) is 0 Å². The number of rotatable bonds is 1. The number of aryl methyl sites for hydroxylation is 1. The number of piperazine rings is 1. The fraction of sp³-hybridized carbons (Fsp3) is 0.769. The fourth-order valence-corrected chi connectivity index (χ4v) is 4.03. The van der Waals surface area contributed by atoms with Gasteiger partial charge in [-0.25, -0.2) is 0 Å². The number of hydrogen-bond acceptors (Lipinski definition) is 4. The van der Waals surface area contributed by atoms with Crippen molar-refractivity contribution in [3.63, 3.8) is 0 Å². The summed E-state index contributed by atoms with van der Waals surface area (Å²) in [5.41, 5.74) is 1.06. The van der Waals surface area contributed by atoms with Gasteiger partial charge in [0, 0.05) is 0 Å². The van der Waals surface area contributed by atoms with Crippen LogP contribution in [-0.4, -0.2) is 46.1 Å². The minimum absolute atomic E-state index is 0.161. The molecular formula is C13H22BN3OS. The van der Waals surface area contributed by atoms with Gasteiger partial charge in [-0.3, -0.25) is 0 Å². The third kappa shape index (κ3) is 2.42. The van der Waals surface area contributed by atoms with E-state index in [1.807, 2.05) is 11.8 Å². The van der Waals surface area contributed by atoms with Crippen LogP contribution < -0.4 is 4.90 Å². The summed E-state index contributed by atoms with van der Waals surface area (Å²) in [4.78, 5) is 20.8. The van der Waals surface area contributed by atoms with Crippen LogP contribution >= 0.6 is 11.2 Å². The van der Waals surface area contributed by atoms with Crippen molar-refractivity contribution in [2.24, 2.45) is 0 Å². The molecule has 4 atom stereocenters. The second-order valence-electron chi connectivity index (χ2n) is 5.57. The molecule has 2 rings (SSSR count). The maximum absolute atomic E-state index is 11.9. The summed E-state index contributed by atoms with van der Waals surface area (Å²) < 4.78 is 0. The Bertz CT molecular complexity index is 462. The van der Waals surface area contributed by atoms with Crippen LogP contribution in [0.25, 0.3) is 0 Å². The van der Waals surface area contributed by atoms with Crippen molar-refractivity contribution < 1.29 is 4.79 Å². The third-order valence-corrected chi connectivity index (χ3v) is 5.31. The van der Waals surface area contributed by atoms with Crippen molar-refractivity contribution in [2.45, 2.75) is 65.7 Å². The molecule has 0 aliphatic carbocycles. The molecule has 0 N–H and O–H groups in total. The Balaban J connectivity index is 2.34. The number of carbonyl (C=O) groups excluding carboxylic acids is 1. The Morgan fingerprint density at radius 1 is 1.16 bits per heavy atom. The van der Waals surface area contributed by atoms with E-state index in [0.29, 0.717) is 0 Å². The van der Waals surface area contributed by atoms with E-state index in [-0.39, 0.29) is 30.1 Å². The van der Waals surface area contributed by atoms with Gasteiger partial charge < -0.3 is 0 Å². The van der Waals surface area contributed by atoms with Crippen LogP contribution in [0.2, 0.25) is 0 Å². The molecule has 19 heavy (non-hydrogen) atoms. The van der Waals surface area contributed by atoms with Crippen LogP contribution in [0.4, 0.5) is 5.13 Å². The van der Waals surface area contributed by atoms with Crippen molar-refractivity contribution in [1.29, 1.82) is 0 Å². The molecule has 1 amide bonds. The second kappa shape index (κ2) is 5.23. The Morgan fingerprint density at radius 2 is 1.68 bits per heavy atom. The number of hydrogen-bond donors (Lipinski definition) is 0. The molecule has 4 nitrogen and oxygen atoms in total. The van der Waals surface area contributed by atoms with E-state index in [2.05, 4.69) is 43.7 Å². The number of aromatic nitrogens is 1. The van der Waals surface area contributed by atoms with Gasteiger partial charge in [0.2, 0.25) is 0 Å². The Kier molecular flexibility index (Phi) is 3.99. The average Bonchev–Trinajstić information content (AvgIpc) is 2.73. The zero-order valence-corrected chi connectivity index (χ0v) is 13.4. The van der Waals surface area contributed by atoms with Crippen molar-refractivity contribution in [3.05, 3.63) is 5.59 Å². The first-order chi connectivity index (χ1) is 8.84. The molecular weight excluding hydrogens is 257 g/mol. The molecule has 104 valence electrons. The molecule has 1 aliphatic rings. The van der Waals surface area contributed by atoms with Gasteiger partial charge in [0.15, 0.2) is 0 Å². The number of carbonyl (C=O) groups is 1. The monoisotopic (exact) mass is 279 g/mol. The predicted octanol–water partition coefficient (Wildman–Crippen LogP) is 2.01. The first kappa shape index (κ1) is 14.5. The fourth-order valence-electron chi connectivity index (χ4n) is 3.05. The van der Waals surface area contributed by atoms with Gasteiger partial charge in [-0.2, -0.15) is 0 Å². The topological polar surface area (TPSA) is 36.4 Å².